The summed E-state index contributed by atoms with van der Waals surface area (Å²) in [5.41, 5.74) is 2.46. The van der Waals surface area contributed by atoms with Crippen LogP contribution in [0.5, 0.6) is 0 Å². The van der Waals surface area contributed by atoms with E-state index in [9.17, 15) is 0 Å². The summed E-state index contributed by atoms with van der Waals surface area (Å²) in [5.74, 6) is 0. The van der Waals surface area contributed by atoms with Gasteiger partial charge in [0, 0.05) is 13.1 Å². The SMILES string of the molecule is CN1CC[C@H](OC(c2ccccc2)c2ccccc2)C1. The lowest BCUT2D eigenvalue weighted by atomic mass is 10.0. The highest BCUT2D eigenvalue weighted by Gasteiger charge is 2.25. The van der Waals surface area contributed by atoms with Gasteiger partial charge in [0.2, 0.25) is 0 Å². The summed E-state index contributed by atoms with van der Waals surface area (Å²) in [4.78, 5) is 2.33. The molecule has 0 bridgehead atoms. The van der Waals surface area contributed by atoms with E-state index in [4.69, 9.17) is 4.74 Å². The van der Waals surface area contributed by atoms with Crippen LogP contribution in [0, 0.1) is 0 Å². The largest absolute Gasteiger partial charge is 0.364 e. The summed E-state index contributed by atoms with van der Waals surface area (Å²) in [5, 5.41) is 0. The Morgan fingerprint density at radius 2 is 1.50 bits per heavy atom. The maximum atomic E-state index is 6.41. The van der Waals surface area contributed by atoms with Gasteiger partial charge in [-0.3, -0.25) is 0 Å². The molecule has 1 saturated heterocycles. The molecule has 1 aliphatic rings. The Labute approximate surface area is 121 Å². The molecule has 2 heteroatoms. The van der Waals surface area contributed by atoms with Crippen molar-refractivity contribution in [3.05, 3.63) is 71.8 Å². The first-order valence-electron chi connectivity index (χ1n) is 7.27. The lowest BCUT2D eigenvalue weighted by molar-refractivity contribution is 0.0155. The summed E-state index contributed by atoms with van der Waals surface area (Å²) in [6.07, 6.45) is 1.48. The number of likely N-dealkylation sites (N-methyl/N-ethyl adjacent to an activating group) is 1. The molecule has 1 fully saturated rings. The smallest absolute Gasteiger partial charge is 0.108 e. The zero-order valence-electron chi connectivity index (χ0n) is 11.9. The molecule has 1 atom stereocenters. The fraction of sp³-hybridized carbons (Fsp3) is 0.333. The number of rotatable bonds is 4. The summed E-state index contributed by atoms with van der Waals surface area (Å²) in [6.45, 7) is 2.15. The van der Waals surface area contributed by atoms with Crippen LogP contribution < -0.4 is 0 Å². The van der Waals surface area contributed by atoms with Crippen LogP contribution in [-0.4, -0.2) is 31.1 Å². The van der Waals surface area contributed by atoms with Gasteiger partial charge in [-0.15, -0.1) is 0 Å². The van der Waals surface area contributed by atoms with Gasteiger partial charge in [-0.05, 0) is 24.6 Å². The van der Waals surface area contributed by atoms with Crippen molar-refractivity contribution in [1.29, 1.82) is 0 Å². The van der Waals surface area contributed by atoms with E-state index in [1.807, 2.05) is 0 Å². The molecule has 1 heterocycles. The number of hydrogen-bond donors (Lipinski definition) is 0. The average molecular weight is 267 g/mol. The molecule has 0 spiro atoms. The predicted molar refractivity (Wildman–Crippen MR) is 81.7 cm³/mol. The Morgan fingerprint density at radius 1 is 0.950 bits per heavy atom. The molecule has 0 radical (unpaired) electrons. The minimum atomic E-state index is 0.0360. The van der Waals surface area contributed by atoms with E-state index in [1.54, 1.807) is 0 Å². The number of nitrogens with zero attached hydrogens (tertiary/aromatic N) is 1. The second-order valence-corrected chi connectivity index (χ2v) is 5.51. The Bertz CT molecular complexity index is 486. The molecule has 1 aliphatic heterocycles. The fourth-order valence-corrected chi connectivity index (χ4v) is 2.80. The van der Waals surface area contributed by atoms with Gasteiger partial charge in [0.15, 0.2) is 0 Å². The minimum Gasteiger partial charge on any atom is -0.364 e. The van der Waals surface area contributed by atoms with E-state index >= 15 is 0 Å². The van der Waals surface area contributed by atoms with E-state index in [0.717, 1.165) is 19.5 Å². The van der Waals surface area contributed by atoms with Crippen LogP contribution in [0.2, 0.25) is 0 Å². The van der Waals surface area contributed by atoms with E-state index in [2.05, 4.69) is 72.6 Å². The molecule has 0 aromatic heterocycles. The van der Waals surface area contributed by atoms with Crippen molar-refractivity contribution in [2.45, 2.75) is 18.6 Å². The van der Waals surface area contributed by atoms with Crippen LogP contribution in [0.1, 0.15) is 23.7 Å². The molecule has 104 valence electrons. The van der Waals surface area contributed by atoms with Crippen molar-refractivity contribution in [2.24, 2.45) is 0 Å². The topological polar surface area (TPSA) is 12.5 Å². The quantitative estimate of drug-likeness (QED) is 0.840. The molecule has 0 aliphatic carbocycles. The lowest BCUT2D eigenvalue weighted by Crippen LogP contribution is -2.21. The third kappa shape index (κ3) is 3.09. The van der Waals surface area contributed by atoms with Gasteiger partial charge in [0.25, 0.3) is 0 Å². The summed E-state index contributed by atoms with van der Waals surface area (Å²) < 4.78 is 6.41. The molecule has 0 unspecified atom stereocenters. The molecule has 3 rings (SSSR count). The highest BCUT2D eigenvalue weighted by Crippen LogP contribution is 2.29. The highest BCUT2D eigenvalue weighted by molar-refractivity contribution is 5.30. The lowest BCUT2D eigenvalue weighted by Gasteiger charge is -2.23. The van der Waals surface area contributed by atoms with E-state index in [0.29, 0.717) is 6.10 Å². The van der Waals surface area contributed by atoms with Gasteiger partial charge in [-0.2, -0.15) is 0 Å². The molecule has 0 N–H and O–H groups in total. The van der Waals surface area contributed by atoms with Crippen LogP contribution in [0.3, 0.4) is 0 Å². The molecule has 0 amide bonds. The van der Waals surface area contributed by atoms with Gasteiger partial charge in [0.05, 0.1) is 6.10 Å². The van der Waals surface area contributed by atoms with Gasteiger partial charge in [-0.25, -0.2) is 0 Å². The minimum absolute atomic E-state index is 0.0360. The van der Waals surface area contributed by atoms with Crippen LogP contribution in [0.4, 0.5) is 0 Å². The molecular weight excluding hydrogens is 246 g/mol. The maximum absolute atomic E-state index is 6.41. The molecule has 2 aromatic rings. The monoisotopic (exact) mass is 267 g/mol. The highest BCUT2D eigenvalue weighted by atomic mass is 16.5. The van der Waals surface area contributed by atoms with Gasteiger partial charge >= 0.3 is 0 Å². The van der Waals surface area contributed by atoms with Crippen LogP contribution in [0.15, 0.2) is 60.7 Å². The molecule has 0 saturated carbocycles. The first-order valence-corrected chi connectivity index (χ1v) is 7.27. The van der Waals surface area contributed by atoms with Gasteiger partial charge in [0.1, 0.15) is 6.10 Å². The Morgan fingerprint density at radius 3 is 1.95 bits per heavy atom. The first kappa shape index (κ1) is 13.3. The Balaban J connectivity index is 1.84. The maximum Gasteiger partial charge on any atom is 0.108 e. The zero-order chi connectivity index (χ0) is 13.8. The van der Waals surface area contributed by atoms with Crippen molar-refractivity contribution < 1.29 is 4.74 Å². The molecule has 2 nitrogen and oxygen atoms in total. The van der Waals surface area contributed by atoms with Crippen LogP contribution in [-0.2, 0) is 4.74 Å². The number of hydrogen-bond acceptors (Lipinski definition) is 2. The Hall–Kier alpha value is -1.64. The zero-order valence-corrected chi connectivity index (χ0v) is 11.9. The van der Waals surface area contributed by atoms with E-state index in [1.165, 1.54) is 11.1 Å². The third-order valence-electron chi connectivity index (χ3n) is 3.88. The first-order chi connectivity index (χ1) is 9.83. The predicted octanol–water partition coefficient (Wildman–Crippen LogP) is 3.50. The molecular formula is C18H21NO. The van der Waals surface area contributed by atoms with Gasteiger partial charge < -0.3 is 9.64 Å². The second kappa shape index (κ2) is 6.21. The normalized spacial score (nSPS) is 19.6. The van der Waals surface area contributed by atoms with Crippen molar-refractivity contribution >= 4 is 0 Å². The third-order valence-corrected chi connectivity index (χ3v) is 3.88. The van der Waals surface area contributed by atoms with E-state index < -0.39 is 0 Å². The van der Waals surface area contributed by atoms with Gasteiger partial charge in [-0.1, -0.05) is 60.7 Å². The van der Waals surface area contributed by atoms with Crippen LogP contribution >= 0.6 is 0 Å². The summed E-state index contributed by atoms with van der Waals surface area (Å²) in [7, 11) is 2.16. The number of likely N-dealkylation sites (tertiary alicyclic amines) is 1. The summed E-state index contributed by atoms with van der Waals surface area (Å²) >= 11 is 0. The van der Waals surface area contributed by atoms with Crippen molar-refractivity contribution in [3.8, 4) is 0 Å². The summed E-state index contributed by atoms with van der Waals surface area (Å²) in [6, 6.07) is 21.0. The average Bonchev–Trinajstić information content (AvgIpc) is 2.92. The Kier molecular flexibility index (Phi) is 4.14. The number of ether oxygens (including phenoxy) is 1. The number of benzene rings is 2. The molecule has 2 aromatic carbocycles. The van der Waals surface area contributed by atoms with Crippen molar-refractivity contribution in [3.63, 3.8) is 0 Å². The fourth-order valence-electron chi connectivity index (χ4n) is 2.80. The van der Waals surface area contributed by atoms with Crippen LogP contribution in [0.25, 0.3) is 0 Å². The standard InChI is InChI=1S/C18H21NO/c1-19-13-12-17(14-19)20-18(15-8-4-2-5-9-15)16-10-6-3-7-11-16/h2-11,17-18H,12-14H2,1H3/t17-/m0/s1. The van der Waals surface area contributed by atoms with E-state index in [-0.39, 0.29) is 6.10 Å². The van der Waals surface area contributed by atoms with Crippen molar-refractivity contribution in [2.75, 3.05) is 20.1 Å². The second-order valence-electron chi connectivity index (χ2n) is 5.51. The molecule has 20 heavy (non-hydrogen) atoms. The van der Waals surface area contributed by atoms with Crippen molar-refractivity contribution in [1.82, 2.24) is 4.90 Å².